The van der Waals surface area contributed by atoms with Crippen LogP contribution >= 0.6 is 23.3 Å². The summed E-state index contributed by atoms with van der Waals surface area (Å²) in [4.78, 5) is 0. The number of hydrogen-bond acceptors (Lipinski definition) is 5. The van der Waals surface area contributed by atoms with Gasteiger partial charge >= 0.3 is 0 Å². The molecule has 3 nitrogen and oxygen atoms in total. The van der Waals surface area contributed by atoms with Gasteiger partial charge in [0, 0.05) is 5.38 Å². The zero-order chi connectivity index (χ0) is 6.81. The van der Waals surface area contributed by atoms with Crippen molar-refractivity contribution in [1.82, 2.24) is 14.9 Å². The van der Waals surface area contributed by atoms with Gasteiger partial charge < -0.3 is 5.32 Å². The highest BCUT2D eigenvalue weighted by Gasteiger charge is 2.07. The minimum absolute atomic E-state index is 0.951. The average Bonchev–Trinajstić information content (AvgIpc) is 2.59. The molecule has 5 heteroatoms. The van der Waals surface area contributed by atoms with E-state index in [2.05, 4.69) is 20.3 Å². The number of hydrogen-bond donors (Lipinski definition) is 1. The van der Waals surface area contributed by atoms with Crippen LogP contribution in [0.15, 0.2) is 10.8 Å². The number of thioether (sulfide) groups is 1. The summed E-state index contributed by atoms with van der Waals surface area (Å²) >= 11 is 3.12. The van der Waals surface area contributed by atoms with Crippen molar-refractivity contribution in [2.45, 2.75) is 0 Å². The lowest BCUT2D eigenvalue weighted by molar-refractivity contribution is 1.05. The standard InChI is InChI=1S/C5H5N3S2/c1-4(6-3-9-1)5-2-10-8-7-5/h1-2,6H,3H2. The fraction of sp³-hybridized carbons (Fsp3) is 0.200. The van der Waals surface area contributed by atoms with E-state index in [0.29, 0.717) is 0 Å². The van der Waals surface area contributed by atoms with Gasteiger partial charge in [0.2, 0.25) is 0 Å². The number of nitrogens with one attached hydrogen (secondary N) is 1. The third kappa shape index (κ3) is 1.02. The van der Waals surface area contributed by atoms with Gasteiger partial charge in [-0.1, -0.05) is 4.49 Å². The van der Waals surface area contributed by atoms with E-state index in [9.17, 15) is 0 Å². The summed E-state index contributed by atoms with van der Waals surface area (Å²) in [6, 6.07) is 0. The summed E-state index contributed by atoms with van der Waals surface area (Å²) in [7, 11) is 0. The molecule has 0 aliphatic carbocycles. The third-order valence-electron chi connectivity index (χ3n) is 1.18. The number of nitrogens with zero attached hydrogens (tertiary/aromatic N) is 2. The molecular weight excluding hydrogens is 166 g/mol. The van der Waals surface area contributed by atoms with E-state index in [1.807, 2.05) is 5.38 Å². The second-order valence-corrected chi connectivity index (χ2v) is 3.28. The molecule has 1 aromatic rings. The molecule has 0 amide bonds. The highest BCUT2D eigenvalue weighted by molar-refractivity contribution is 8.02. The molecule has 0 unspecified atom stereocenters. The van der Waals surface area contributed by atoms with Crippen LogP contribution in [-0.4, -0.2) is 15.5 Å². The first-order chi connectivity index (χ1) is 4.97. The Morgan fingerprint density at radius 2 is 2.60 bits per heavy atom. The zero-order valence-electron chi connectivity index (χ0n) is 5.07. The molecule has 0 aromatic carbocycles. The Hall–Kier alpha value is -0.550. The van der Waals surface area contributed by atoms with E-state index in [4.69, 9.17) is 0 Å². The molecular formula is C5H5N3S2. The Labute approximate surface area is 66.7 Å². The molecule has 1 aliphatic heterocycles. The van der Waals surface area contributed by atoms with Crippen LogP contribution in [0.5, 0.6) is 0 Å². The lowest BCUT2D eigenvalue weighted by Gasteiger charge is -1.94. The molecule has 0 saturated heterocycles. The van der Waals surface area contributed by atoms with Crippen molar-refractivity contribution in [3.8, 4) is 0 Å². The quantitative estimate of drug-likeness (QED) is 0.687. The van der Waals surface area contributed by atoms with Gasteiger partial charge in [-0.15, -0.1) is 16.9 Å². The topological polar surface area (TPSA) is 37.8 Å². The van der Waals surface area contributed by atoms with Crippen LogP contribution in [0.4, 0.5) is 0 Å². The van der Waals surface area contributed by atoms with Crippen LogP contribution in [0.3, 0.4) is 0 Å². The molecule has 0 bridgehead atoms. The Kier molecular flexibility index (Phi) is 1.60. The van der Waals surface area contributed by atoms with Crippen molar-refractivity contribution < 1.29 is 0 Å². The van der Waals surface area contributed by atoms with Crippen LogP contribution in [-0.2, 0) is 0 Å². The van der Waals surface area contributed by atoms with Crippen LogP contribution in [0, 0.1) is 0 Å². The molecule has 2 rings (SSSR count). The molecule has 10 heavy (non-hydrogen) atoms. The van der Waals surface area contributed by atoms with Crippen molar-refractivity contribution in [3.63, 3.8) is 0 Å². The van der Waals surface area contributed by atoms with Gasteiger partial charge in [-0.25, -0.2) is 0 Å². The molecule has 0 saturated carbocycles. The van der Waals surface area contributed by atoms with Crippen molar-refractivity contribution in [3.05, 3.63) is 16.5 Å². The first kappa shape index (κ1) is 6.18. The molecule has 1 aliphatic rings. The van der Waals surface area contributed by atoms with Crippen LogP contribution in [0.1, 0.15) is 5.69 Å². The Bertz CT molecular complexity index is 241. The first-order valence-corrected chi connectivity index (χ1v) is 4.68. The van der Waals surface area contributed by atoms with E-state index in [1.54, 1.807) is 11.8 Å². The van der Waals surface area contributed by atoms with Crippen molar-refractivity contribution in [1.29, 1.82) is 0 Å². The van der Waals surface area contributed by atoms with Crippen LogP contribution in [0.2, 0.25) is 0 Å². The van der Waals surface area contributed by atoms with Gasteiger partial charge in [-0.2, -0.15) is 0 Å². The van der Waals surface area contributed by atoms with E-state index in [1.165, 1.54) is 11.5 Å². The minimum Gasteiger partial charge on any atom is -0.373 e. The summed E-state index contributed by atoms with van der Waals surface area (Å²) in [5.41, 5.74) is 2.05. The monoisotopic (exact) mass is 171 g/mol. The SMILES string of the molecule is C1=C(c2csnn2)NCS1. The summed E-state index contributed by atoms with van der Waals surface area (Å²) in [6.45, 7) is 0. The minimum atomic E-state index is 0.951. The maximum atomic E-state index is 3.92. The van der Waals surface area contributed by atoms with Gasteiger partial charge in [0.15, 0.2) is 0 Å². The normalized spacial score (nSPS) is 16.6. The summed E-state index contributed by atoms with van der Waals surface area (Å²) < 4.78 is 3.77. The lowest BCUT2D eigenvalue weighted by atomic mass is 10.4. The molecule has 52 valence electrons. The van der Waals surface area contributed by atoms with Crippen molar-refractivity contribution >= 4 is 29.0 Å². The van der Waals surface area contributed by atoms with Gasteiger partial charge in [0.25, 0.3) is 0 Å². The first-order valence-electron chi connectivity index (χ1n) is 2.80. The Balaban J connectivity index is 2.28. The second-order valence-electron chi connectivity index (χ2n) is 1.81. The predicted molar refractivity (Wildman–Crippen MR) is 43.5 cm³/mol. The maximum absolute atomic E-state index is 3.92. The molecule has 1 N–H and O–H groups in total. The van der Waals surface area contributed by atoms with E-state index in [-0.39, 0.29) is 0 Å². The zero-order valence-corrected chi connectivity index (χ0v) is 6.71. The van der Waals surface area contributed by atoms with Gasteiger partial charge in [0.05, 0.1) is 11.6 Å². The smallest absolute Gasteiger partial charge is 0.122 e. The molecule has 0 fully saturated rings. The summed E-state index contributed by atoms with van der Waals surface area (Å²) in [5, 5.41) is 11.1. The maximum Gasteiger partial charge on any atom is 0.122 e. The van der Waals surface area contributed by atoms with Crippen LogP contribution < -0.4 is 5.32 Å². The highest BCUT2D eigenvalue weighted by Crippen LogP contribution is 2.20. The molecule has 2 heterocycles. The molecule has 0 radical (unpaired) electrons. The van der Waals surface area contributed by atoms with E-state index in [0.717, 1.165) is 17.3 Å². The van der Waals surface area contributed by atoms with Gasteiger partial charge in [-0.3, -0.25) is 0 Å². The largest absolute Gasteiger partial charge is 0.373 e. The van der Waals surface area contributed by atoms with Gasteiger partial charge in [0.1, 0.15) is 5.69 Å². The van der Waals surface area contributed by atoms with E-state index < -0.39 is 0 Å². The number of aromatic nitrogens is 2. The Morgan fingerprint density at radius 1 is 1.60 bits per heavy atom. The average molecular weight is 171 g/mol. The molecule has 1 aromatic heterocycles. The summed E-state index contributed by atoms with van der Waals surface area (Å²) in [6.07, 6.45) is 0. The second kappa shape index (κ2) is 2.59. The Morgan fingerprint density at radius 3 is 3.20 bits per heavy atom. The third-order valence-corrected chi connectivity index (χ3v) is 2.40. The van der Waals surface area contributed by atoms with Gasteiger partial charge in [-0.05, 0) is 16.9 Å². The van der Waals surface area contributed by atoms with Crippen molar-refractivity contribution in [2.24, 2.45) is 0 Å². The fourth-order valence-electron chi connectivity index (χ4n) is 0.719. The lowest BCUT2D eigenvalue weighted by Crippen LogP contribution is -2.05. The highest BCUT2D eigenvalue weighted by atomic mass is 32.2. The fourth-order valence-corrected chi connectivity index (χ4v) is 1.87. The summed E-state index contributed by atoms with van der Waals surface area (Å²) in [5.74, 6) is 0.951. The molecule has 0 spiro atoms. The number of rotatable bonds is 1. The predicted octanol–water partition coefficient (Wildman–Crippen LogP) is 1.13. The molecule has 0 atom stereocenters. The van der Waals surface area contributed by atoms with Crippen molar-refractivity contribution in [2.75, 3.05) is 5.88 Å². The van der Waals surface area contributed by atoms with Crippen LogP contribution in [0.25, 0.3) is 5.70 Å². The van der Waals surface area contributed by atoms with E-state index >= 15 is 0 Å².